The van der Waals surface area contributed by atoms with Gasteiger partial charge in [-0.2, -0.15) is 0 Å². The maximum absolute atomic E-state index is 13.1. The van der Waals surface area contributed by atoms with Crippen LogP contribution in [0.25, 0.3) is 0 Å². The van der Waals surface area contributed by atoms with Gasteiger partial charge in [-0.15, -0.1) is 10.2 Å². The molecule has 0 aliphatic heterocycles. The highest BCUT2D eigenvalue weighted by atomic mass is 16.6. The van der Waals surface area contributed by atoms with Crippen LogP contribution in [-0.2, 0) is 30.5 Å². The van der Waals surface area contributed by atoms with E-state index >= 15 is 0 Å². The fraction of sp³-hybridized carbons (Fsp3) is 0.533. The third kappa shape index (κ3) is 7.25. The van der Waals surface area contributed by atoms with Crippen LogP contribution in [0.15, 0.2) is 70.9 Å². The van der Waals surface area contributed by atoms with Crippen molar-refractivity contribution in [1.29, 1.82) is 0 Å². The van der Waals surface area contributed by atoms with Crippen LogP contribution in [0.4, 0.5) is 0 Å². The standard InChI is InChI=1S/C30H42N2O4/c1-9-21-29(23-17-13-11-14-18-23,35-25(33)27(3,4)5)31-32-30(22-10-2,24-19-15-12-16-20-24)36-26(34)28(6,7)8/h11-20H,9-10,21-22H2,1-8H3/b32-31+. The van der Waals surface area contributed by atoms with Gasteiger partial charge < -0.3 is 9.47 Å². The number of carbonyl (C=O) groups excluding carboxylic acids is 2. The lowest BCUT2D eigenvalue weighted by atomic mass is 9.94. The van der Waals surface area contributed by atoms with Crippen molar-refractivity contribution in [2.45, 2.75) is 92.5 Å². The molecule has 2 aromatic carbocycles. The molecular formula is C30H42N2O4. The van der Waals surface area contributed by atoms with Crippen LogP contribution in [0.5, 0.6) is 0 Å². The molecular weight excluding hydrogens is 452 g/mol. The summed E-state index contributed by atoms with van der Waals surface area (Å²) in [5.41, 5.74) is -2.75. The van der Waals surface area contributed by atoms with Gasteiger partial charge in [0, 0.05) is 24.0 Å². The van der Waals surface area contributed by atoms with E-state index in [-0.39, 0.29) is 11.9 Å². The van der Waals surface area contributed by atoms with Crippen LogP contribution < -0.4 is 0 Å². The molecule has 0 radical (unpaired) electrons. The second kappa shape index (κ2) is 11.8. The van der Waals surface area contributed by atoms with Gasteiger partial charge in [0.05, 0.1) is 10.8 Å². The zero-order valence-electron chi connectivity index (χ0n) is 23.1. The lowest BCUT2D eigenvalue weighted by Crippen LogP contribution is -2.38. The van der Waals surface area contributed by atoms with Gasteiger partial charge >= 0.3 is 11.9 Å². The van der Waals surface area contributed by atoms with Gasteiger partial charge in [0.25, 0.3) is 0 Å². The van der Waals surface area contributed by atoms with Crippen molar-refractivity contribution in [2.24, 2.45) is 21.1 Å². The number of hydrogen-bond acceptors (Lipinski definition) is 6. The molecule has 0 N–H and O–H groups in total. The van der Waals surface area contributed by atoms with Crippen LogP contribution in [0, 0.1) is 10.8 Å². The van der Waals surface area contributed by atoms with E-state index < -0.39 is 22.3 Å². The Morgan fingerprint density at radius 3 is 1.17 bits per heavy atom. The second-order valence-electron chi connectivity index (χ2n) is 11.3. The van der Waals surface area contributed by atoms with Crippen molar-refractivity contribution < 1.29 is 19.1 Å². The highest BCUT2D eigenvalue weighted by Gasteiger charge is 2.43. The number of esters is 2. The number of hydrogen-bond donors (Lipinski definition) is 0. The van der Waals surface area contributed by atoms with Crippen molar-refractivity contribution in [2.75, 3.05) is 0 Å². The van der Waals surface area contributed by atoms with E-state index in [2.05, 4.69) is 0 Å². The summed E-state index contributed by atoms with van der Waals surface area (Å²) in [5, 5.41) is 9.55. The predicted molar refractivity (Wildman–Crippen MR) is 142 cm³/mol. The van der Waals surface area contributed by atoms with E-state index in [0.29, 0.717) is 36.8 Å². The Kier molecular flexibility index (Phi) is 9.58. The first kappa shape index (κ1) is 29.2. The number of nitrogens with zero attached hydrogens (tertiary/aromatic N) is 2. The quantitative estimate of drug-likeness (QED) is 0.248. The van der Waals surface area contributed by atoms with Gasteiger partial charge in [-0.1, -0.05) is 74.5 Å². The zero-order valence-corrected chi connectivity index (χ0v) is 23.1. The Balaban J connectivity index is 2.76. The maximum atomic E-state index is 13.1. The molecule has 0 bridgehead atoms. The molecule has 2 rings (SSSR count). The zero-order chi connectivity index (χ0) is 27.0. The summed E-state index contributed by atoms with van der Waals surface area (Å²) < 4.78 is 12.3. The first-order valence-electron chi connectivity index (χ1n) is 12.8. The molecule has 2 atom stereocenters. The molecule has 0 aliphatic rings. The molecule has 196 valence electrons. The molecule has 6 heteroatoms. The van der Waals surface area contributed by atoms with E-state index in [0.717, 1.165) is 0 Å². The number of ether oxygens (including phenoxy) is 2. The molecule has 6 nitrogen and oxygen atoms in total. The lowest BCUT2D eigenvalue weighted by molar-refractivity contribution is -0.178. The average molecular weight is 495 g/mol. The number of benzene rings is 2. The summed E-state index contributed by atoms with van der Waals surface area (Å²) in [6.07, 6.45) is 2.23. The molecule has 2 unspecified atom stereocenters. The van der Waals surface area contributed by atoms with Crippen molar-refractivity contribution in [3.05, 3.63) is 71.8 Å². The Morgan fingerprint density at radius 1 is 0.611 bits per heavy atom. The number of azo groups is 1. The van der Waals surface area contributed by atoms with E-state index in [1.807, 2.05) is 116 Å². The minimum absolute atomic E-state index is 0.383. The number of rotatable bonds is 10. The highest BCUT2D eigenvalue weighted by Crippen LogP contribution is 2.41. The molecule has 0 amide bonds. The summed E-state index contributed by atoms with van der Waals surface area (Å²) in [6.45, 7) is 14.9. The molecule has 0 heterocycles. The van der Waals surface area contributed by atoms with Crippen LogP contribution in [-0.4, -0.2) is 11.9 Å². The third-order valence-electron chi connectivity index (χ3n) is 5.75. The molecule has 36 heavy (non-hydrogen) atoms. The topological polar surface area (TPSA) is 77.3 Å². The van der Waals surface area contributed by atoms with Gasteiger partial charge in [-0.3, -0.25) is 9.59 Å². The van der Waals surface area contributed by atoms with Crippen LogP contribution >= 0.6 is 0 Å². The van der Waals surface area contributed by atoms with E-state index in [1.165, 1.54) is 0 Å². The fourth-order valence-electron chi connectivity index (χ4n) is 3.61. The predicted octanol–water partition coefficient (Wildman–Crippen LogP) is 7.92. The normalized spacial score (nSPS) is 15.7. The molecule has 0 fully saturated rings. The van der Waals surface area contributed by atoms with Crippen molar-refractivity contribution in [3.63, 3.8) is 0 Å². The molecule has 0 spiro atoms. The van der Waals surface area contributed by atoms with Crippen LogP contribution in [0.1, 0.15) is 92.2 Å². The van der Waals surface area contributed by atoms with Crippen molar-refractivity contribution in [1.82, 2.24) is 0 Å². The van der Waals surface area contributed by atoms with E-state index in [9.17, 15) is 9.59 Å². The SMILES string of the molecule is CCCC(/N=N/C(CCC)(OC(=O)C(C)(C)C)c1ccccc1)(OC(=O)C(C)(C)C)c1ccccc1. The molecule has 0 aliphatic carbocycles. The number of carbonyl (C=O) groups is 2. The monoisotopic (exact) mass is 494 g/mol. The van der Waals surface area contributed by atoms with Crippen LogP contribution in [0.2, 0.25) is 0 Å². The average Bonchev–Trinajstić information content (AvgIpc) is 2.82. The van der Waals surface area contributed by atoms with Gasteiger partial charge in [-0.05, 0) is 54.4 Å². The second-order valence-corrected chi connectivity index (χ2v) is 11.3. The van der Waals surface area contributed by atoms with Crippen LogP contribution in [0.3, 0.4) is 0 Å². The first-order chi connectivity index (χ1) is 16.8. The summed E-state index contributed by atoms with van der Waals surface area (Å²) in [7, 11) is 0. The van der Waals surface area contributed by atoms with Gasteiger partial charge in [0.1, 0.15) is 0 Å². The van der Waals surface area contributed by atoms with Gasteiger partial charge in [0.2, 0.25) is 11.4 Å². The van der Waals surface area contributed by atoms with E-state index in [1.54, 1.807) is 0 Å². The first-order valence-corrected chi connectivity index (χ1v) is 12.8. The minimum atomic E-state index is -1.36. The summed E-state index contributed by atoms with van der Waals surface area (Å²) >= 11 is 0. The molecule has 2 aromatic rings. The smallest absolute Gasteiger partial charge is 0.313 e. The minimum Gasteiger partial charge on any atom is -0.431 e. The van der Waals surface area contributed by atoms with Gasteiger partial charge in [-0.25, -0.2) is 0 Å². The summed E-state index contributed by atoms with van der Waals surface area (Å²) in [5.74, 6) is -0.766. The largest absolute Gasteiger partial charge is 0.431 e. The van der Waals surface area contributed by atoms with Crippen molar-refractivity contribution >= 4 is 11.9 Å². The molecule has 0 saturated carbocycles. The third-order valence-corrected chi connectivity index (χ3v) is 5.75. The molecule has 0 aromatic heterocycles. The Bertz CT molecular complexity index is 939. The van der Waals surface area contributed by atoms with Gasteiger partial charge in [0.15, 0.2) is 0 Å². The summed E-state index contributed by atoms with van der Waals surface area (Å²) in [4.78, 5) is 26.3. The fourth-order valence-corrected chi connectivity index (χ4v) is 3.61. The van der Waals surface area contributed by atoms with Crippen molar-refractivity contribution in [3.8, 4) is 0 Å². The Labute approximate surface area is 216 Å². The maximum Gasteiger partial charge on any atom is 0.313 e. The lowest BCUT2D eigenvalue weighted by Gasteiger charge is -2.35. The Hall–Kier alpha value is -3.02. The highest BCUT2D eigenvalue weighted by molar-refractivity contribution is 5.76. The van der Waals surface area contributed by atoms with E-state index in [4.69, 9.17) is 19.7 Å². The summed E-state index contributed by atoms with van der Waals surface area (Å²) in [6, 6.07) is 18.9. The molecule has 0 saturated heterocycles. The Morgan fingerprint density at radius 2 is 0.917 bits per heavy atom.